The minimum Gasteiger partial charge on any atom is -0.298 e. The van der Waals surface area contributed by atoms with Gasteiger partial charge < -0.3 is 0 Å². The van der Waals surface area contributed by atoms with Gasteiger partial charge in [0.05, 0.1) is 5.75 Å². The summed E-state index contributed by atoms with van der Waals surface area (Å²) in [6.07, 6.45) is 2.10. The van der Waals surface area contributed by atoms with E-state index in [2.05, 4.69) is 0 Å². The second-order valence-corrected chi connectivity index (χ2v) is 6.21. The summed E-state index contributed by atoms with van der Waals surface area (Å²) in [5, 5.41) is -0.707. The van der Waals surface area contributed by atoms with Gasteiger partial charge in [-0.25, -0.2) is 8.42 Å². The zero-order chi connectivity index (χ0) is 10.1. The standard InChI is InChI=1S/C9H16O3S/c1-7(2)9(10)8-5-3-4-6-13(8,11)12/h7-8H,3-6H2,1-2H3. The van der Waals surface area contributed by atoms with E-state index in [1.165, 1.54) is 0 Å². The molecule has 1 aliphatic rings. The highest BCUT2D eigenvalue weighted by atomic mass is 32.2. The van der Waals surface area contributed by atoms with Crippen molar-refractivity contribution < 1.29 is 13.2 Å². The molecule has 0 bridgehead atoms. The summed E-state index contributed by atoms with van der Waals surface area (Å²) in [5.41, 5.74) is 0. The van der Waals surface area contributed by atoms with Gasteiger partial charge in [0.1, 0.15) is 5.25 Å². The van der Waals surface area contributed by atoms with Crippen LogP contribution in [0.1, 0.15) is 33.1 Å². The largest absolute Gasteiger partial charge is 0.298 e. The molecule has 0 aliphatic carbocycles. The summed E-state index contributed by atoms with van der Waals surface area (Å²) < 4.78 is 23.0. The van der Waals surface area contributed by atoms with Gasteiger partial charge in [0.25, 0.3) is 0 Å². The zero-order valence-electron chi connectivity index (χ0n) is 8.12. The highest BCUT2D eigenvalue weighted by Crippen LogP contribution is 2.22. The molecule has 13 heavy (non-hydrogen) atoms. The van der Waals surface area contributed by atoms with Crippen molar-refractivity contribution >= 4 is 15.6 Å². The number of carbonyl (C=O) groups is 1. The van der Waals surface area contributed by atoms with Crippen LogP contribution in [0, 0.1) is 5.92 Å². The van der Waals surface area contributed by atoms with E-state index in [-0.39, 0.29) is 17.5 Å². The van der Waals surface area contributed by atoms with E-state index in [1.807, 2.05) is 0 Å². The lowest BCUT2D eigenvalue weighted by molar-refractivity contribution is -0.121. The van der Waals surface area contributed by atoms with Crippen molar-refractivity contribution in [2.24, 2.45) is 5.92 Å². The number of Topliss-reactive ketones (excluding diaryl/α,β-unsaturated/α-hetero) is 1. The maximum Gasteiger partial charge on any atom is 0.160 e. The molecule has 0 N–H and O–H groups in total. The molecule has 0 spiro atoms. The van der Waals surface area contributed by atoms with Gasteiger partial charge in [-0.05, 0) is 12.8 Å². The number of hydrogen-bond donors (Lipinski definition) is 0. The zero-order valence-corrected chi connectivity index (χ0v) is 8.93. The highest BCUT2D eigenvalue weighted by Gasteiger charge is 2.35. The topological polar surface area (TPSA) is 51.2 Å². The summed E-state index contributed by atoms with van der Waals surface area (Å²) in [7, 11) is -3.12. The molecule has 1 rings (SSSR count). The van der Waals surface area contributed by atoms with E-state index >= 15 is 0 Å². The number of sulfone groups is 1. The molecule has 0 amide bonds. The van der Waals surface area contributed by atoms with Crippen LogP contribution in [-0.4, -0.2) is 25.2 Å². The Hall–Kier alpha value is -0.380. The monoisotopic (exact) mass is 204 g/mol. The van der Waals surface area contributed by atoms with Crippen molar-refractivity contribution in [3.8, 4) is 0 Å². The molecule has 3 nitrogen and oxygen atoms in total. The predicted octanol–water partition coefficient (Wildman–Crippen LogP) is 1.18. The van der Waals surface area contributed by atoms with Gasteiger partial charge in [-0.15, -0.1) is 0 Å². The fourth-order valence-corrected chi connectivity index (χ4v) is 3.69. The summed E-state index contributed by atoms with van der Waals surface area (Å²) >= 11 is 0. The molecule has 1 fully saturated rings. The lowest BCUT2D eigenvalue weighted by Crippen LogP contribution is -2.37. The molecule has 1 atom stereocenters. The molecular formula is C9H16O3S. The summed E-state index contributed by atoms with van der Waals surface area (Å²) in [5.74, 6) is -0.0894. The first-order chi connectivity index (χ1) is 5.95. The van der Waals surface area contributed by atoms with E-state index in [0.717, 1.165) is 6.42 Å². The SMILES string of the molecule is CC(C)C(=O)C1CCCCS1(=O)=O. The smallest absolute Gasteiger partial charge is 0.160 e. The Morgan fingerprint density at radius 3 is 2.38 bits per heavy atom. The third-order valence-corrected chi connectivity index (χ3v) is 4.66. The second kappa shape index (κ2) is 3.78. The number of rotatable bonds is 2. The van der Waals surface area contributed by atoms with Crippen LogP contribution < -0.4 is 0 Å². The molecule has 0 aromatic heterocycles. The van der Waals surface area contributed by atoms with Crippen LogP contribution in [-0.2, 0) is 14.6 Å². The van der Waals surface area contributed by atoms with Gasteiger partial charge in [-0.2, -0.15) is 0 Å². The minimum absolute atomic E-state index is 0.111. The van der Waals surface area contributed by atoms with Crippen LogP contribution in [0.5, 0.6) is 0 Å². The average Bonchev–Trinajstić information content (AvgIpc) is 2.02. The van der Waals surface area contributed by atoms with E-state index in [1.54, 1.807) is 13.8 Å². The lowest BCUT2D eigenvalue weighted by atomic mass is 10.0. The van der Waals surface area contributed by atoms with Gasteiger partial charge in [0.2, 0.25) is 0 Å². The minimum atomic E-state index is -3.12. The van der Waals surface area contributed by atoms with Gasteiger partial charge in [0, 0.05) is 5.92 Å². The number of hydrogen-bond acceptors (Lipinski definition) is 3. The Balaban J connectivity index is 2.84. The quantitative estimate of drug-likeness (QED) is 0.678. The number of carbonyl (C=O) groups excluding carboxylic acids is 1. The van der Waals surface area contributed by atoms with Crippen molar-refractivity contribution in [1.82, 2.24) is 0 Å². The molecule has 76 valence electrons. The molecule has 0 saturated carbocycles. The molecular weight excluding hydrogens is 188 g/mol. The normalized spacial score (nSPS) is 27.5. The first-order valence-corrected chi connectivity index (χ1v) is 6.42. The molecule has 4 heteroatoms. The van der Waals surface area contributed by atoms with Gasteiger partial charge in [-0.3, -0.25) is 4.79 Å². The van der Waals surface area contributed by atoms with Crippen LogP contribution in [0.4, 0.5) is 0 Å². The Morgan fingerprint density at radius 2 is 1.92 bits per heavy atom. The van der Waals surface area contributed by atoms with Crippen LogP contribution in [0.3, 0.4) is 0 Å². The second-order valence-electron chi connectivity index (χ2n) is 3.91. The molecule has 1 unspecified atom stereocenters. The third kappa shape index (κ3) is 2.30. The molecule has 0 aromatic rings. The van der Waals surface area contributed by atoms with E-state index in [0.29, 0.717) is 12.8 Å². The molecule has 1 aliphatic heterocycles. The Labute approximate surface area is 79.4 Å². The van der Waals surface area contributed by atoms with Crippen LogP contribution >= 0.6 is 0 Å². The molecule has 1 saturated heterocycles. The van der Waals surface area contributed by atoms with Crippen molar-refractivity contribution in [3.05, 3.63) is 0 Å². The summed E-state index contributed by atoms with van der Waals surface area (Å²) in [6, 6.07) is 0. The molecule has 1 heterocycles. The number of ketones is 1. The lowest BCUT2D eigenvalue weighted by Gasteiger charge is -2.22. The van der Waals surface area contributed by atoms with E-state index in [4.69, 9.17) is 0 Å². The van der Waals surface area contributed by atoms with Crippen molar-refractivity contribution in [2.45, 2.75) is 38.4 Å². The van der Waals surface area contributed by atoms with Crippen molar-refractivity contribution in [3.63, 3.8) is 0 Å². The van der Waals surface area contributed by atoms with E-state index in [9.17, 15) is 13.2 Å². The average molecular weight is 204 g/mol. The van der Waals surface area contributed by atoms with Crippen LogP contribution in [0.2, 0.25) is 0 Å². The Kier molecular flexibility index (Phi) is 3.11. The van der Waals surface area contributed by atoms with Crippen LogP contribution in [0.15, 0.2) is 0 Å². The highest BCUT2D eigenvalue weighted by molar-refractivity contribution is 7.92. The molecule has 0 radical (unpaired) electrons. The Morgan fingerprint density at radius 1 is 1.31 bits per heavy atom. The van der Waals surface area contributed by atoms with Crippen LogP contribution in [0.25, 0.3) is 0 Å². The third-order valence-electron chi connectivity index (χ3n) is 2.47. The Bertz CT molecular complexity index is 290. The summed E-state index contributed by atoms with van der Waals surface area (Å²) in [4.78, 5) is 11.5. The first kappa shape index (κ1) is 10.7. The molecule has 0 aromatic carbocycles. The van der Waals surface area contributed by atoms with Gasteiger partial charge in [0.15, 0.2) is 15.6 Å². The maximum absolute atomic E-state index is 11.5. The van der Waals surface area contributed by atoms with Crippen molar-refractivity contribution in [2.75, 3.05) is 5.75 Å². The maximum atomic E-state index is 11.5. The van der Waals surface area contributed by atoms with Gasteiger partial charge >= 0.3 is 0 Å². The van der Waals surface area contributed by atoms with E-state index < -0.39 is 15.1 Å². The predicted molar refractivity (Wildman–Crippen MR) is 51.3 cm³/mol. The summed E-state index contributed by atoms with van der Waals surface area (Å²) in [6.45, 7) is 3.51. The first-order valence-electron chi connectivity index (χ1n) is 4.70. The van der Waals surface area contributed by atoms with Gasteiger partial charge in [-0.1, -0.05) is 20.3 Å². The fraction of sp³-hybridized carbons (Fsp3) is 0.889. The van der Waals surface area contributed by atoms with Crippen molar-refractivity contribution in [1.29, 1.82) is 0 Å². The fourth-order valence-electron chi connectivity index (χ4n) is 1.65.